The van der Waals surface area contributed by atoms with E-state index < -0.39 is 0 Å². The van der Waals surface area contributed by atoms with Crippen molar-refractivity contribution in [3.63, 3.8) is 0 Å². The molecule has 0 aliphatic carbocycles. The lowest BCUT2D eigenvalue weighted by molar-refractivity contribution is -0.119. The third-order valence-electron chi connectivity index (χ3n) is 7.80. The van der Waals surface area contributed by atoms with Crippen LogP contribution >= 0.6 is 11.3 Å². The largest absolute Gasteiger partial charge is 0.497 e. The Hall–Kier alpha value is -3.95. The smallest absolute Gasteiger partial charge is 0.255 e. The lowest BCUT2D eigenvalue weighted by Crippen LogP contribution is -2.51. The van der Waals surface area contributed by atoms with Crippen molar-refractivity contribution in [1.29, 1.82) is 0 Å². The molecule has 4 aromatic rings. The number of benzene rings is 2. The van der Waals surface area contributed by atoms with Crippen molar-refractivity contribution in [2.24, 2.45) is 0 Å². The molecule has 8 nitrogen and oxygen atoms in total. The molecule has 41 heavy (non-hydrogen) atoms. The Bertz CT molecular complexity index is 1490. The van der Waals surface area contributed by atoms with Gasteiger partial charge in [-0.1, -0.05) is 30.3 Å². The van der Waals surface area contributed by atoms with Gasteiger partial charge in [-0.15, -0.1) is 11.3 Å². The Labute approximate surface area is 245 Å². The quantitative estimate of drug-likeness (QED) is 0.286. The summed E-state index contributed by atoms with van der Waals surface area (Å²) in [6.45, 7) is 7.60. The predicted molar refractivity (Wildman–Crippen MR) is 164 cm³/mol. The van der Waals surface area contributed by atoms with Crippen LogP contribution in [0.2, 0.25) is 0 Å². The van der Waals surface area contributed by atoms with Gasteiger partial charge in [0, 0.05) is 56.5 Å². The third-order valence-corrected chi connectivity index (χ3v) is 8.57. The molecule has 5 rings (SSSR count). The molecule has 1 aliphatic rings. The van der Waals surface area contributed by atoms with E-state index in [9.17, 15) is 9.59 Å². The van der Waals surface area contributed by atoms with Gasteiger partial charge in [-0.05, 0) is 56.2 Å². The van der Waals surface area contributed by atoms with Crippen molar-refractivity contribution in [2.45, 2.75) is 26.8 Å². The Morgan fingerprint density at radius 3 is 2.34 bits per heavy atom. The van der Waals surface area contributed by atoms with Gasteiger partial charge in [0.05, 0.1) is 35.6 Å². The molecule has 0 unspecified atom stereocenters. The van der Waals surface area contributed by atoms with Crippen LogP contribution < -0.4 is 9.64 Å². The van der Waals surface area contributed by atoms with Gasteiger partial charge in [0.2, 0.25) is 5.91 Å². The minimum atomic E-state index is 0.0336. The van der Waals surface area contributed by atoms with Gasteiger partial charge in [0.1, 0.15) is 5.75 Å². The molecule has 2 aromatic carbocycles. The first-order chi connectivity index (χ1) is 19.8. The van der Waals surface area contributed by atoms with Crippen LogP contribution in [0.1, 0.15) is 26.6 Å². The number of hydrogen-bond donors (Lipinski definition) is 0. The molecule has 0 atom stereocenters. The van der Waals surface area contributed by atoms with Crippen LogP contribution in [0.5, 0.6) is 5.75 Å². The summed E-state index contributed by atoms with van der Waals surface area (Å²) in [6.07, 6.45) is 0.827. The number of likely N-dealkylation sites (N-methyl/N-ethyl adjacent to an activating group) is 1. The highest BCUT2D eigenvalue weighted by Gasteiger charge is 2.28. The van der Waals surface area contributed by atoms with Crippen LogP contribution in [0, 0.1) is 13.8 Å². The monoisotopic (exact) mass is 571 g/mol. The summed E-state index contributed by atoms with van der Waals surface area (Å²) in [5.74, 6) is 0.917. The van der Waals surface area contributed by atoms with E-state index in [-0.39, 0.29) is 11.8 Å². The SMILES string of the molecule is COc1ccc(CCn2c(-c3csc(C)n3)cc(C(=O)N3CCN(CC(=O)N(C)c4ccccc4)CC3)c2C)cc1. The van der Waals surface area contributed by atoms with Gasteiger partial charge >= 0.3 is 0 Å². The van der Waals surface area contributed by atoms with E-state index in [0.717, 1.165) is 46.5 Å². The highest BCUT2D eigenvalue weighted by Crippen LogP contribution is 2.29. The summed E-state index contributed by atoms with van der Waals surface area (Å²) in [4.78, 5) is 37.1. The molecule has 214 valence electrons. The lowest BCUT2D eigenvalue weighted by Gasteiger charge is -2.35. The second-order valence-corrected chi connectivity index (χ2v) is 11.4. The zero-order chi connectivity index (χ0) is 28.9. The molecule has 2 amide bonds. The minimum absolute atomic E-state index is 0.0336. The number of carbonyl (C=O) groups excluding carboxylic acids is 2. The molecule has 0 N–H and O–H groups in total. The predicted octanol–water partition coefficient (Wildman–Crippen LogP) is 4.90. The average Bonchev–Trinajstić information content (AvgIpc) is 3.58. The normalized spacial score (nSPS) is 13.8. The number of carbonyl (C=O) groups is 2. The van der Waals surface area contributed by atoms with E-state index in [1.165, 1.54) is 5.56 Å². The molecule has 0 bridgehead atoms. The van der Waals surface area contributed by atoms with E-state index in [1.54, 1.807) is 30.4 Å². The summed E-state index contributed by atoms with van der Waals surface area (Å²) in [7, 11) is 3.48. The number of rotatable bonds is 9. The summed E-state index contributed by atoms with van der Waals surface area (Å²) in [5.41, 5.74) is 5.62. The number of aryl methyl sites for hydroxylation is 2. The average molecular weight is 572 g/mol. The zero-order valence-corrected chi connectivity index (χ0v) is 25.0. The number of piperazine rings is 1. The van der Waals surface area contributed by atoms with Crippen LogP contribution in [0.25, 0.3) is 11.4 Å². The standard InChI is InChI=1S/C32H37N5O3S/c1-23-28(32(39)36-18-16-35(17-19-36)21-31(38)34(3)26-8-6-5-7-9-26)20-30(29-22-41-24(2)33-29)37(23)15-14-25-10-12-27(40-4)13-11-25/h5-13,20,22H,14-19,21H2,1-4H3. The Balaban J connectivity index is 1.27. The third kappa shape index (κ3) is 6.52. The van der Waals surface area contributed by atoms with Gasteiger partial charge in [-0.3, -0.25) is 14.5 Å². The van der Waals surface area contributed by atoms with Gasteiger partial charge in [-0.2, -0.15) is 0 Å². The number of ether oxygens (including phenoxy) is 1. The molecule has 2 aromatic heterocycles. The zero-order valence-electron chi connectivity index (χ0n) is 24.2. The highest BCUT2D eigenvalue weighted by molar-refractivity contribution is 7.09. The lowest BCUT2D eigenvalue weighted by atomic mass is 10.1. The summed E-state index contributed by atoms with van der Waals surface area (Å²) in [5, 5.41) is 3.06. The number of methoxy groups -OCH3 is 1. The molecule has 1 fully saturated rings. The summed E-state index contributed by atoms with van der Waals surface area (Å²) >= 11 is 1.61. The first-order valence-corrected chi connectivity index (χ1v) is 14.8. The number of amides is 2. The Kier molecular flexibility index (Phi) is 8.85. The molecule has 0 radical (unpaired) electrons. The second-order valence-electron chi connectivity index (χ2n) is 10.4. The first kappa shape index (κ1) is 28.6. The van der Waals surface area contributed by atoms with Gasteiger partial charge in [0.15, 0.2) is 0 Å². The van der Waals surface area contributed by atoms with Crippen LogP contribution in [-0.2, 0) is 17.8 Å². The molecule has 3 heterocycles. The number of aromatic nitrogens is 2. The molecule has 9 heteroatoms. The number of hydrogen-bond acceptors (Lipinski definition) is 6. The summed E-state index contributed by atoms with van der Waals surface area (Å²) < 4.78 is 7.52. The van der Waals surface area contributed by atoms with E-state index in [0.29, 0.717) is 38.3 Å². The van der Waals surface area contributed by atoms with Crippen LogP contribution in [-0.4, -0.2) is 78.0 Å². The van der Waals surface area contributed by atoms with Gasteiger partial charge in [-0.25, -0.2) is 4.98 Å². The maximum Gasteiger partial charge on any atom is 0.255 e. The van der Waals surface area contributed by atoms with E-state index in [1.807, 2.05) is 67.3 Å². The first-order valence-electron chi connectivity index (χ1n) is 13.9. The molecular formula is C32H37N5O3S. The van der Waals surface area contributed by atoms with Crippen molar-refractivity contribution in [1.82, 2.24) is 19.4 Å². The summed E-state index contributed by atoms with van der Waals surface area (Å²) in [6, 6.07) is 19.8. The fourth-order valence-electron chi connectivity index (χ4n) is 5.25. The fourth-order valence-corrected chi connectivity index (χ4v) is 5.86. The molecular weight excluding hydrogens is 534 g/mol. The minimum Gasteiger partial charge on any atom is -0.497 e. The molecule has 1 aliphatic heterocycles. The number of para-hydroxylation sites is 1. The molecule has 1 saturated heterocycles. The maximum atomic E-state index is 13.8. The van der Waals surface area contributed by atoms with Crippen LogP contribution in [0.15, 0.2) is 66.0 Å². The fraction of sp³-hybridized carbons (Fsp3) is 0.344. The maximum absolute atomic E-state index is 13.8. The Morgan fingerprint density at radius 2 is 1.71 bits per heavy atom. The highest BCUT2D eigenvalue weighted by atomic mass is 32.1. The van der Waals surface area contributed by atoms with Crippen molar-refractivity contribution >= 4 is 28.8 Å². The van der Waals surface area contributed by atoms with E-state index in [4.69, 9.17) is 9.72 Å². The number of anilines is 1. The van der Waals surface area contributed by atoms with Crippen molar-refractivity contribution < 1.29 is 14.3 Å². The molecule has 0 spiro atoms. The molecule has 0 saturated carbocycles. The number of nitrogens with zero attached hydrogens (tertiary/aromatic N) is 5. The van der Waals surface area contributed by atoms with Crippen molar-refractivity contribution in [2.75, 3.05) is 51.8 Å². The van der Waals surface area contributed by atoms with Gasteiger partial charge < -0.3 is 19.1 Å². The van der Waals surface area contributed by atoms with Gasteiger partial charge in [0.25, 0.3) is 5.91 Å². The van der Waals surface area contributed by atoms with Crippen molar-refractivity contribution in [3.8, 4) is 17.1 Å². The van der Waals surface area contributed by atoms with Crippen LogP contribution in [0.3, 0.4) is 0 Å². The van der Waals surface area contributed by atoms with E-state index in [2.05, 4.69) is 27.0 Å². The van der Waals surface area contributed by atoms with Crippen molar-refractivity contribution in [3.05, 3.63) is 87.9 Å². The van der Waals surface area contributed by atoms with E-state index >= 15 is 0 Å². The number of thiazole rings is 1. The second kappa shape index (κ2) is 12.7. The van der Waals surface area contributed by atoms with Crippen LogP contribution in [0.4, 0.5) is 5.69 Å². The Morgan fingerprint density at radius 1 is 1.00 bits per heavy atom. The topological polar surface area (TPSA) is 70.9 Å².